The Morgan fingerprint density at radius 2 is 2.05 bits per heavy atom. The average Bonchev–Trinajstić information content (AvgIpc) is 2.96. The van der Waals surface area contributed by atoms with Gasteiger partial charge in [-0.1, -0.05) is 0 Å². The van der Waals surface area contributed by atoms with E-state index in [1.807, 2.05) is 11.9 Å². The monoisotopic (exact) mass is 293 g/mol. The fraction of sp³-hybridized carbons (Fsp3) is 0.643. The molecular weight excluding hydrogens is 274 g/mol. The minimum atomic E-state index is -0.394. The summed E-state index contributed by atoms with van der Waals surface area (Å²) in [6, 6.07) is 3.23. The quantitative estimate of drug-likeness (QED) is 0.627. The zero-order valence-electron chi connectivity index (χ0n) is 12.0. The van der Waals surface area contributed by atoms with E-state index in [1.165, 1.54) is 18.3 Å². The van der Waals surface area contributed by atoms with Gasteiger partial charge in [0.25, 0.3) is 5.69 Å². The Morgan fingerprint density at radius 1 is 1.38 bits per heavy atom. The molecule has 2 heterocycles. The van der Waals surface area contributed by atoms with Crippen LogP contribution in [0.4, 0.5) is 11.5 Å². The predicted octanol–water partition coefficient (Wildman–Crippen LogP) is 2.11. The number of hydrogen-bond donors (Lipinski definition) is 0. The third-order valence-electron chi connectivity index (χ3n) is 4.38. The standard InChI is InChI=1S/C14H19N3O4/c1-16(13-10-12(17(18)19)4-7-15-13)11-2-5-14(6-3-11)20-8-9-21-14/h4,7,10-11H,2-3,5-6,8-9H2,1H3. The predicted molar refractivity (Wildman–Crippen MR) is 76.2 cm³/mol. The van der Waals surface area contributed by atoms with E-state index in [0.29, 0.717) is 25.1 Å². The molecule has 1 spiro atoms. The summed E-state index contributed by atoms with van der Waals surface area (Å²) < 4.78 is 11.4. The van der Waals surface area contributed by atoms with Crippen LogP contribution in [0.5, 0.6) is 0 Å². The van der Waals surface area contributed by atoms with Crippen LogP contribution < -0.4 is 4.90 Å². The third kappa shape index (κ3) is 2.84. The van der Waals surface area contributed by atoms with Crippen molar-refractivity contribution in [3.05, 3.63) is 28.4 Å². The van der Waals surface area contributed by atoms with Gasteiger partial charge in [0.1, 0.15) is 5.82 Å². The molecule has 7 heteroatoms. The molecule has 0 aromatic carbocycles. The molecule has 21 heavy (non-hydrogen) atoms. The van der Waals surface area contributed by atoms with Crippen molar-refractivity contribution in [3.63, 3.8) is 0 Å². The van der Waals surface area contributed by atoms with Crippen LogP contribution in [-0.4, -0.2) is 42.0 Å². The van der Waals surface area contributed by atoms with E-state index in [1.54, 1.807) is 0 Å². The maximum atomic E-state index is 10.8. The topological polar surface area (TPSA) is 77.7 Å². The summed E-state index contributed by atoms with van der Waals surface area (Å²) in [5.74, 6) is 0.256. The summed E-state index contributed by atoms with van der Waals surface area (Å²) in [6.45, 7) is 1.35. The molecule has 3 rings (SSSR count). The highest BCUT2D eigenvalue weighted by Crippen LogP contribution is 2.37. The van der Waals surface area contributed by atoms with Crippen molar-refractivity contribution in [2.45, 2.75) is 37.5 Å². The number of nitrogens with zero attached hydrogens (tertiary/aromatic N) is 3. The third-order valence-corrected chi connectivity index (χ3v) is 4.38. The Hall–Kier alpha value is -1.73. The molecule has 0 atom stereocenters. The largest absolute Gasteiger partial charge is 0.356 e. The first-order valence-corrected chi connectivity index (χ1v) is 7.21. The Bertz CT molecular complexity index is 521. The number of aromatic nitrogens is 1. The highest BCUT2D eigenvalue weighted by Gasteiger charge is 2.41. The first-order chi connectivity index (χ1) is 10.1. The summed E-state index contributed by atoms with van der Waals surface area (Å²) in [4.78, 5) is 16.7. The maximum absolute atomic E-state index is 10.8. The first kappa shape index (κ1) is 14.2. The van der Waals surface area contributed by atoms with Gasteiger partial charge in [0.15, 0.2) is 5.79 Å². The Labute approximate surface area is 123 Å². The molecule has 0 bridgehead atoms. The second-order valence-corrected chi connectivity index (χ2v) is 5.58. The molecule has 1 saturated heterocycles. The molecule has 1 aromatic rings. The van der Waals surface area contributed by atoms with Gasteiger partial charge in [-0.3, -0.25) is 10.1 Å². The summed E-state index contributed by atoms with van der Waals surface area (Å²) >= 11 is 0. The number of rotatable bonds is 3. The van der Waals surface area contributed by atoms with Crippen molar-refractivity contribution in [1.29, 1.82) is 0 Å². The minimum absolute atomic E-state index is 0.0709. The van der Waals surface area contributed by atoms with E-state index < -0.39 is 4.92 Å². The number of hydrogen-bond acceptors (Lipinski definition) is 6. The fourth-order valence-electron chi connectivity index (χ4n) is 3.12. The first-order valence-electron chi connectivity index (χ1n) is 7.21. The van der Waals surface area contributed by atoms with Crippen molar-refractivity contribution in [2.24, 2.45) is 0 Å². The Balaban J connectivity index is 1.67. The molecular formula is C14H19N3O4. The molecule has 1 aliphatic carbocycles. The average molecular weight is 293 g/mol. The van der Waals surface area contributed by atoms with E-state index >= 15 is 0 Å². The minimum Gasteiger partial charge on any atom is -0.356 e. The smallest absolute Gasteiger partial charge is 0.274 e. The van der Waals surface area contributed by atoms with Gasteiger partial charge in [0, 0.05) is 38.2 Å². The zero-order valence-corrected chi connectivity index (χ0v) is 12.0. The van der Waals surface area contributed by atoms with E-state index in [2.05, 4.69) is 4.98 Å². The van der Waals surface area contributed by atoms with Crippen molar-refractivity contribution in [1.82, 2.24) is 4.98 Å². The van der Waals surface area contributed by atoms with E-state index in [0.717, 1.165) is 25.7 Å². The van der Waals surface area contributed by atoms with Crippen molar-refractivity contribution in [3.8, 4) is 0 Å². The van der Waals surface area contributed by atoms with Gasteiger partial charge in [0.2, 0.25) is 0 Å². The van der Waals surface area contributed by atoms with Crippen LogP contribution in [0, 0.1) is 10.1 Å². The van der Waals surface area contributed by atoms with Gasteiger partial charge in [-0.2, -0.15) is 0 Å². The summed E-state index contributed by atoms with van der Waals surface area (Å²) in [6.07, 6.45) is 5.06. The van der Waals surface area contributed by atoms with Gasteiger partial charge < -0.3 is 14.4 Å². The molecule has 2 fully saturated rings. The molecule has 0 N–H and O–H groups in total. The number of ether oxygens (including phenoxy) is 2. The molecule has 114 valence electrons. The lowest BCUT2D eigenvalue weighted by Gasteiger charge is -2.39. The molecule has 1 aromatic heterocycles. The van der Waals surface area contributed by atoms with Crippen LogP contribution in [0.2, 0.25) is 0 Å². The van der Waals surface area contributed by atoms with Crippen molar-refractivity contribution in [2.75, 3.05) is 25.2 Å². The highest BCUT2D eigenvalue weighted by atomic mass is 16.7. The lowest BCUT2D eigenvalue weighted by molar-refractivity contribution is -0.384. The Kier molecular flexibility index (Phi) is 3.77. The molecule has 0 amide bonds. The normalized spacial score (nSPS) is 21.6. The van der Waals surface area contributed by atoms with E-state index in [-0.39, 0.29) is 11.5 Å². The molecule has 0 radical (unpaired) electrons. The van der Waals surface area contributed by atoms with Crippen LogP contribution >= 0.6 is 0 Å². The maximum Gasteiger partial charge on any atom is 0.274 e. The number of pyridine rings is 1. The lowest BCUT2D eigenvalue weighted by Crippen LogP contribution is -2.43. The summed E-state index contributed by atoms with van der Waals surface area (Å²) in [7, 11) is 1.94. The van der Waals surface area contributed by atoms with Crippen molar-refractivity contribution < 1.29 is 14.4 Å². The van der Waals surface area contributed by atoms with Crippen LogP contribution in [0.1, 0.15) is 25.7 Å². The highest BCUT2D eigenvalue weighted by molar-refractivity contribution is 5.46. The SMILES string of the molecule is CN(c1cc([N+](=O)[O-])ccn1)C1CCC2(CC1)OCCO2. The van der Waals surface area contributed by atoms with Gasteiger partial charge in [-0.15, -0.1) is 0 Å². The fourth-order valence-corrected chi connectivity index (χ4v) is 3.12. The van der Waals surface area contributed by atoms with Crippen LogP contribution in [0.25, 0.3) is 0 Å². The lowest BCUT2D eigenvalue weighted by atomic mass is 9.89. The Morgan fingerprint density at radius 3 is 2.67 bits per heavy atom. The van der Waals surface area contributed by atoms with Crippen molar-refractivity contribution >= 4 is 11.5 Å². The van der Waals surface area contributed by atoms with Crippen LogP contribution in [0.3, 0.4) is 0 Å². The second kappa shape index (κ2) is 5.57. The number of anilines is 1. The van der Waals surface area contributed by atoms with E-state index in [9.17, 15) is 10.1 Å². The van der Waals surface area contributed by atoms with Crippen LogP contribution in [0.15, 0.2) is 18.3 Å². The zero-order chi connectivity index (χ0) is 14.9. The summed E-state index contributed by atoms with van der Waals surface area (Å²) in [5.41, 5.74) is 0.0709. The molecule has 2 aliphatic rings. The number of nitro groups is 1. The molecule has 7 nitrogen and oxygen atoms in total. The molecule has 1 saturated carbocycles. The molecule has 0 unspecified atom stereocenters. The van der Waals surface area contributed by atoms with Gasteiger partial charge in [0.05, 0.1) is 24.2 Å². The van der Waals surface area contributed by atoms with Gasteiger partial charge >= 0.3 is 0 Å². The van der Waals surface area contributed by atoms with Crippen LogP contribution in [-0.2, 0) is 9.47 Å². The summed E-state index contributed by atoms with van der Waals surface area (Å²) in [5, 5.41) is 10.8. The van der Waals surface area contributed by atoms with E-state index in [4.69, 9.17) is 9.47 Å². The second-order valence-electron chi connectivity index (χ2n) is 5.58. The van der Waals surface area contributed by atoms with Gasteiger partial charge in [-0.25, -0.2) is 4.98 Å². The molecule has 1 aliphatic heterocycles. The van der Waals surface area contributed by atoms with Gasteiger partial charge in [-0.05, 0) is 12.8 Å².